The number of hydrogen-bond donors (Lipinski definition) is 2. The molecule has 1 saturated heterocycles. The van der Waals surface area contributed by atoms with Crippen molar-refractivity contribution in [3.63, 3.8) is 0 Å². The van der Waals surface area contributed by atoms with E-state index in [0.717, 1.165) is 67.0 Å². The van der Waals surface area contributed by atoms with Crippen LogP contribution in [0.2, 0.25) is 0 Å². The zero-order chi connectivity index (χ0) is 28.9. The number of aromatic nitrogens is 6. The summed E-state index contributed by atoms with van der Waals surface area (Å²) < 4.78 is 19.4. The van der Waals surface area contributed by atoms with Gasteiger partial charge in [0.25, 0.3) is 0 Å². The van der Waals surface area contributed by atoms with Crippen LogP contribution in [0.4, 0.5) is 22.2 Å². The first kappa shape index (κ1) is 27.6. The molecule has 0 radical (unpaired) electrons. The lowest BCUT2D eigenvalue weighted by atomic mass is 9.93. The quantitative estimate of drug-likeness (QED) is 0.317. The molecule has 5 heterocycles. The molecule has 4 aromatic rings. The molecule has 0 bridgehead atoms. The average molecular weight is 574 g/mol. The van der Waals surface area contributed by atoms with Gasteiger partial charge < -0.3 is 29.0 Å². The number of pyridine rings is 2. The molecule has 1 amide bonds. The van der Waals surface area contributed by atoms with E-state index in [9.17, 15) is 4.79 Å². The number of fused-ring (bicyclic) bond motifs is 1. The topological polar surface area (TPSA) is 141 Å². The van der Waals surface area contributed by atoms with E-state index in [2.05, 4.69) is 35.5 Å². The van der Waals surface area contributed by atoms with Crippen molar-refractivity contribution < 1.29 is 19.0 Å². The molecule has 1 aliphatic carbocycles. The van der Waals surface area contributed by atoms with Gasteiger partial charge in [-0.2, -0.15) is 4.98 Å². The maximum atomic E-state index is 12.6. The highest BCUT2D eigenvalue weighted by atomic mass is 16.5. The number of nitrogens with one attached hydrogen (secondary N) is 2. The van der Waals surface area contributed by atoms with Gasteiger partial charge in [0.05, 0.1) is 47.9 Å². The predicted octanol–water partition coefficient (Wildman–Crippen LogP) is 3.85. The minimum Gasteiger partial charge on any atom is -0.474 e. The van der Waals surface area contributed by atoms with Crippen molar-refractivity contribution in [1.82, 2.24) is 29.5 Å². The van der Waals surface area contributed by atoms with Gasteiger partial charge in [0.2, 0.25) is 11.8 Å². The number of hydrogen-bond acceptors (Lipinski definition) is 11. The van der Waals surface area contributed by atoms with Gasteiger partial charge in [0, 0.05) is 44.6 Å². The third-order valence-corrected chi connectivity index (χ3v) is 7.73. The van der Waals surface area contributed by atoms with Crippen LogP contribution in [0.15, 0.2) is 43.0 Å². The van der Waals surface area contributed by atoms with Gasteiger partial charge in [-0.3, -0.25) is 10.3 Å². The van der Waals surface area contributed by atoms with Crippen LogP contribution in [0, 0.1) is 6.92 Å². The molecule has 0 aromatic carbocycles. The number of amides is 1. The number of aryl methyl sites for hydroxylation is 1. The normalized spacial score (nSPS) is 19.0. The van der Waals surface area contributed by atoms with Crippen molar-refractivity contribution in [3.8, 4) is 5.88 Å². The standard InChI is InChI=1S/C29H35N9O4/c1-19-32-17-22(37(19)2)18-41-29(39)35-21-14-24-25(33-16-21)15-26(38-10-12-40-13-11-38)36-27(24)42-23-6-4-20(5-7-23)34-28-30-8-3-9-31-28/h3,8-9,14-17,20,23H,4-7,10-13,18H2,1-2H3,(H,35,39)(H,30,31,34). The smallest absolute Gasteiger partial charge is 0.412 e. The van der Waals surface area contributed by atoms with Gasteiger partial charge in [0.1, 0.15) is 24.4 Å². The fourth-order valence-electron chi connectivity index (χ4n) is 5.21. The van der Waals surface area contributed by atoms with E-state index < -0.39 is 6.09 Å². The molecular weight excluding hydrogens is 538 g/mol. The third-order valence-electron chi connectivity index (χ3n) is 7.73. The number of nitrogens with zero attached hydrogens (tertiary/aromatic N) is 7. The summed E-state index contributed by atoms with van der Waals surface area (Å²) in [4.78, 5) is 37.2. The molecule has 2 fully saturated rings. The lowest BCUT2D eigenvalue weighted by Gasteiger charge is -2.31. The maximum absolute atomic E-state index is 12.6. The molecule has 13 nitrogen and oxygen atoms in total. The van der Waals surface area contributed by atoms with E-state index in [-0.39, 0.29) is 18.8 Å². The van der Waals surface area contributed by atoms with E-state index in [1.807, 2.05) is 30.7 Å². The molecule has 4 aromatic heterocycles. The second kappa shape index (κ2) is 12.6. The van der Waals surface area contributed by atoms with Crippen LogP contribution in [0.5, 0.6) is 5.88 Å². The summed E-state index contributed by atoms with van der Waals surface area (Å²) in [7, 11) is 1.88. The molecule has 1 saturated carbocycles. The minimum atomic E-state index is -0.580. The molecule has 0 spiro atoms. The first-order valence-corrected chi connectivity index (χ1v) is 14.3. The van der Waals surface area contributed by atoms with Gasteiger partial charge in [-0.15, -0.1) is 0 Å². The van der Waals surface area contributed by atoms with Crippen LogP contribution in [-0.2, 0) is 23.1 Å². The SMILES string of the molecule is Cc1ncc(COC(=O)Nc2cnc3cc(N4CCOCC4)nc(OC4CCC(Nc5ncccn5)CC4)c3c2)n1C. The van der Waals surface area contributed by atoms with Gasteiger partial charge in [-0.05, 0) is 44.7 Å². The molecular formula is C29H35N9O4. The number of carbonyl (C=O) groups is 1. The molecule has 0 unspecified atom stereocenters. The molecule has 2 N–H and O–H groups in total. The molecule has 220 valence electrons. The highest BCUT2D eigenvalue weighted by molar-refractivity contribution is 5.92. The number of carbonyl (C=O) groups excluding carboxylic acids is 1. The summed E-state index contributed by atoms with van der Waals surface area (Å²) in [6.07, 6.45) is 9.79. The van der Waals surface area contributed by atoms with Crippen molar-refractivity contribution in [2.24, 2.45) is 7.05 Å². The second-order valence-electron chi connectivity index (χ2n) is 10.5. The summed E-state index contributed by atoms with van der Waals surface area (Å²) in [6.45, 7) is 4.79. The fourth-order valence-corrected chi connectivity index (χ4v) is 5.21. The van der Waals surface area contributed by atoms with Crippen LogP contribution in [0.3, 0.4) is 0 Å². The molecule has 13 heteroatoms. The van der Waals surface area contributed by atoms with Gasteiger partial charge in [-0.25, -0.2) is 19.7 Å². The molecule has 6 rings (SSSR count). The monoisotopic (exact) mass is 573 g/mol. The van der Waals surface area contributed by atoms with Crippen molar-refractivity contribution in [2.75, 3.05) is 41.8 Å². The largest absolute Gasteiger partial charge is 0.474 e. The van der Waals surface area contributed by atoms with Crippen LogP contribution in [-0.4, -0.2) is 74.0 Å². The molecule has 2 aliphatic rings. The predicted molar refractivity (Wildman–Crippen MR) is 157 cm³/mol. The van der Waals surface area contributed by atoms with E-state index >= 15 is 0 Å². The van der Waals surface area contributed by atoms with E-state index in [1.165, 1.54) is 0 Å². The zero-order valence-corrected chi connectivity index (χ0v) is 23.8. The Labute approximate surface area is 243 Å². The molecule has 42 heavy (non-hydrogen) atoms. The third kappa shape index (κ3) is 6.51. The first-order chi connectivity index (χ1) is 20.5. The zero-order valence-electron chi connectivity index (χ0n) is 23.8. The molecule has 1 aliphatic heterocycles. The van der Waals surface area contributed by atoms with E-state index in [1.54, 1.807) is 30.9 Å². The Kier molecular flexibility index (Phi) is 8.26. The van der Waals surface area contributed by atoms with Crippen molar-refractivity contribution >= 4 is 34.4 Å². The van der Waals surface area contributed by atoms with Gasteiger partial charge in [-0.1, -0.05) is 0 Å². The number of morpholine rings is 1. The Morgan fingerprint density at radius 3 is 2.57 bits per heavy atom. The number of rotatable bonds is 8. The number of imidazole rings is 1. The summed E-state index contributed by atoms with van der Waals surface area (Å²) in [5.41, 5.74) is 2.04. The average Bonchev–Trinajstić information content (AvgIpc) is 3.34. The minimum absolute atomic E-state index is 0.000636. The fraction of sp³-hybridized carbons (Fsp3) is 0.448. The number of anilines is 3. The molecule has 0 atom stereocenters. The highest BCUT2D eigenvalue weighted by Crippen LogP contribution is 2.33. The van der Waals surface area contributed by atoms with Gasteiger partial charge >= 0.3 is 6.09 Å². The summed E-state index contributed by atoms with van der Waals surface area (Å²) in [6, 6.07) is 5.89. The van der Waals surface area contributed by atoms with Crippen LogP contribution >= 0.6 is 0 Å². The summed E-state index contributed by atoms with van der Waals surface area (Å²) in [5.74, 6) is 2.80. The Hall–Kier alpha value is -4.52. The van der Waals surface area contributed by atoms with Crippen molar-refractivity contribution in [1.29, 1.82) is 0 Å². The van der Waals surface area contributed by atoms with E-state index in [0.29, 0.717) is 30.7 Å². The summed E-state index contributed by atoms with van der Waals surface area (Å²) in [5, 5.41) is 6.93. The van der Waals surface area contributed by atoms with Gasteiger partial charge in [0.15, 0.2) is 0 Å². The van der Waals surface area contributed by atoms with Crippen LogP contribution in [0.25, 0.3) is 10.9 Å². The maximum Gasteiger partial charge on any atom is 0.412 e. The highest BCUT2D eigenvalue weighted by Gasteiger charge is 2.25. The van der Waals surface area contributed by atoms with Crippen molar-refractivity contribution in [3.05, 3.63) is 54.5 Å². The second-order valence-corrected chi connectivity index (χ2v) is 10.5. The first-order valence-electron chi connectivity index (χ1n) is 14.3. The van der Waals surface area contributed by atoms with Crippen LogP contribution < -0.4 is 20.3 Å². The lowest BCUT2D eigenvalue weighted by molar-refractivity contribution is 0.122. The Morgan fingerprint density at radius 1 is 1.05 bits per heavy atom. The van der Waals surface area contributed by atoms with Crippen LogP contribution in [0.1, 0.15) is 37.2 Å². The number of ether oxygens (including phenoxy) is 3. The lowest BCUT2D eigenvalue weighted by Crippen LogP contribution is -2.37. The van der Waals surface area contributed by atoms with E-state index in [4.69, 9.17) is 19.2 Å². The Balaban J connectivity index is 1.17. The Bertz CT molecular complexity index is 1520. The Morgan fingerprint density at radius 2 is 1.83 bits per heavy atom. The summed E-state index contributed by atoms with van der Waals surface area (Å²) >= 11 is 0. The van der Waals surface area contributed by atoms with Crippen molar-refractivity contribution in [2.45, 2.75) is 51.4 Å².